The lowest BCUT2D eigenvalue weighted by Gasteiger charge is -2.12. The predicted octanol–water partition coefficient (Wildman–Crippen LogP) is 5.12. The number of pyridine rings is 1. The number of nitrogens with zero attached hydrogens (tertiary/aromatic N) is 3. The van der Waals surface area contributed by atoms with Gasteiger partial charge in [-0.25, -0.2) is 15.0 Å². The van der Waals surface area contributed by atoms with E-state index >= 15 is 0 Å². The average Bonchev–Trinajstić information content (AvgIpc) is 3.03. The fourth-order valence-corrected chi connectivity index (χ4v) is 4.85. The van der Waals surface area contributed by atoms with Crippen molar-refractivity contribution in [2.75, 3.05) is 11.9 Å². The molecular formula is C20H13ClF3N5OS. The number of alkyl halides is 3. The molecule has 0 unspecified atom stereocenters. The Bertz CT molecular complexity index is 1370. The number of thiophene rings is 1. The largest absolute Gasteiger partial charge is 0.420 e. The summed E-state index contributed by atoms with van der Waals surface area (Å²) in [7, 11) is 0. The highest BCUT2D eigenvalue weighted by Gasteiger charge is 2.36. The molecule has 1 amide bonds. The zero-order chi connectivity index (χ0) is 21.9. The third-order valence-corrected chi connectivity index (χ3v) is 6.33. The lowest BCUT2D eigenvalue weighted by molar-refractivity contribution is -0.137. The van der Waals surface area contributed by atoms with Gasteiger partial charge in [0, 0.05) is 34.3 Å². The Morgan fingerprint density at radius 3 is 2.77 bits per heavy atom. The molecule has 4 aromatic rings. The number of rotatable bonds is 1. The van der Waals surface area contributed by atoms with Crippen molar-refractivity contribution in [3.8, 4) is 11.4 Å². The number of carbonyl (C=O) groups is 1. The second kappa shape index (κ2) is 7.03. The quantitative estimate of drug-likeness (QED) is 0.383. The van der Waals surface area contributed by atoms with Crippen molar-refractivity contribution >= 4 is 55.5 Å². The van der Waals surface area contributed by atoms with Crippen LogP contribution in [0.3, 0.4) is 0 Å². The van der Waals surface area contributed by atoms with Gasteiger partial charge in [-0.15, -0.1) is 11.3 Å². The number of amides is 1. The van der Waals surface area contributed by atoms with Gasteiger partial charge in [0.2, 0.25) is 5.28 Å². The molecule has 11 heteroatoms. The highest BCUT2D eigenvalue weighted by Crippen LogP contribution is 2.42. The maximum absolute atomic E-state index is 13.4. The van der Waals surface area contributed by atoms with Crippen molar-refractivity contribution in [1.29, 1.82) is 0 Å². The number of anilines is 1. The van der Waals surface area contributed by atoms with Crippen LogP contribution >= 0.6 is 22.9 Å². The minimum atomic E-state index is -4.65. The van der Waals surface area contributed by atoms with Crippen molar-refractivity contribution in [1.82, 2.24) is 20.3 Å². The molecule has 1 aliphatic rings. The van der Waals surface area contributed by atoms with Crippen LogP contribution in [0.15, 0.2) is 30.5 Å². The molecule has 31 heavy (non-hydrogen) atoms. The maximum atomic E-state index is 13.4. The van der Waals surface area contributed by atoms with E-state index in [2.05, 4.69) is 25.6 Å². The lowest BCUT2D eigenvalue weighted by atomic mass is 10.1. The summed E-state index contributed by atoms with van der Waals surface area (Å²) in [6, 6.07) is 6.65. The van der Waals surface area contributed by atoms with Gasteiger partial charge in [-0.2, -0.15) is 13.2 Å². The fourth-order valence-electron chi connectivity index (χ4n) is 3.62. The highest BCUT2D eigenvalue weighted by atomic mass is 35.5. The van der Waals surface area contributed by atoms with Gasteiger partial charge >= 0.3 is 6.18 Å². The molecule has 4 heterocycles. The summed E-state index contributed by atoms with van der Waals surface area (Å²) in [5.74, 6) is -0.156. The van der Waals surface area contributed by atoms with Crippen LogP contribution in [0.1, 0.15) is 22.2 Å². The Morgan fingerprint density at radius 1 is 1.19 bits per heavy atom. The zero-order valence-corrected chi connectivity index (χ0v) is 17.4. The first-order valence-corrected chi connectivity index (χ1v) is 10.4. The van der Waals surface area contributed by atoms with Gasteiger partial charge in [-0.3, -0.25) is 4.79 Å². The molecule has 0 radical (unpaired) electrons. The molecular weight excluding hydrogens is 451 g/mol. The van der Waals surface area contributed by atoms with Gasteiger partial charge in [0.1, 0.15) is 16.1 Å². The van der Waals surface area contributed by atoms with E-state index < -0.39 is 11.7 Å². The van der Waals surface area contributed by atoms with Crippen LogP contribution < -0.4 is 10.6 Å². The van der Waals surface area contributed by atoms with Crippen LogP contribution in [0.25, 0.3) is 32.4 Å². The van der Waals surface area contributed by atoms with Gasteiger partial charge < -0.3 is 10.6 Å². The Labute approximate surface area is 182 Å². The molecule has 5 rings (SSSR count). The lowest BCUT2D eigenvalue weighted by Crippen LogP contribution is -2.34. The first-order chi connectivity index (χ1) is 14.7. The Balaban J connectivity index is 1.72. The first-order valence-electron chi connectivity index (χ1n) is 9.23. The topological polar surface area (TPSA) is 79.8 Å². The summed E-state index contributed by atoms with van der Waals surface area (Å²) in [6.07, 6.45) is -4.00. The fraction of sp³-hybridized carbons (Fsp3) is 0.200. The minimum absolute atomic E-state index is 0.0316. The van der Waals surface area contributed by atoms with Crippen LogP contribution in [0, 0.1) is 0 Å². The van der Waals surface area contributed by atoms with Gasteiger partial charge in [-0.1, -0.05) is 0 Å². The Hall–Kier alpha value is -2.98. The normalized spacial score (nSPS) is 16.7. The highest BCUT2D eigenvalue weighted by molar-refractivity contribution is 7.21. The Kier molecular flexibility index (Phi) is 4.52. The van der Waals surface area contributed by atoms with E-state index in [1.807, 2.05) is 13.0 Å². The molecule has 0 saturated carbocycles. The van der Waals surface area contributed by atoms with Crippen molar-refractivity contribution in [2.24, 2.45) is 0 Å². The van der Waals surface area contributed by atoms with E-state index in [9.17, 15) is 18.0 Å². The molecule has 0 aliphatic carbocycles. The predicted molar refractivity (Wildman–Crippen MR) is 114 cm³/mol. The summed E-state index contributed by atoms with van der Waals surface area (Å²) in [5, 5.41) is 7.48. The molecule has 0 saturated heterocycles. The SMILES string of the molecule is C[C@@H]1CNc2c(sc3ccc4nc(-c5nc(Cl)ncc5C(F)(F)F)ccc4c23)C(=O)N1. The molecule has 1 aromatic carbocycles. The second-order valence-corrected chi connectivity index (χ2v) is 8.55. The second-order valence-electron chi connectivity index (χ2n) is 7.16. The number of hydrogen-bond acceptors (Lipinski definition) is 6. The summed E-state index contributed by atoms with van der Waals surface area (Å²) in [5.41, 5.74) is -0.174. The molecule has 2 N–H and O–H groups in total. The number of carbonyl (C=O) groups excluding carboxylic acids is 1. The average molecular weight is 464 g/mol. The van der Waals surface area contributed by atoms with Crippen molar-refractivity contribution < 1.29 is 18.0 Å². The summed E-state index contributed by atoms with van der Waals surface area (Å²) >= 11 is 7.11. The van der Waals surface area contributed by atoms with Crippen LogP contribution in [0.4, 0.5) is 18.9 Å². The van der Waals surface area contributed by atoms with E-state index in [1.165, 1.54) is 17.4 Å². The third kappa shape index (κ3) is 3.35. The minimum Gasteiger partial charge on any atom is -0.381 e. The van der Waals surface area contributed by atoms with Crippen LogP contribution in [-0.2, 0) is 6.18 Å². The third-order valence-electron chi connectivity index (χ3n) is 5.00. The van der Waals surface area contributed by atoms with Gasteiger partial charge in [0.05, 0.1) is 16.9 Å². The van der Waals surface area contributed by atoms with E-state index in [4.69, 9.17) is 11.6 Å². The Morgan fingerprint density at radius 2 is 2.00 bits per heavy atom. The molecule has 3 aromatic heterocycles. The van der Waals surface area contributed by atoms with Crippen LogP contribution in [-0.4, -0.2) is 33.4 Å². The van der Waals surface area contributed by atoms with E-state index in [-0.39, 0.29) is 28.6 Å². The summed E-state index contributed by atoms with van der Waals surface area (Å²) in [4.78, 5) is 24.8. The van der Waals surface area contributed by atoms with E-state index in [1.54, 1.807) is 12.1 Å². The summed E-state index contributed by atoms with van der Waals surface area (Å²) < 4.78 is 41.2. The van der Waals surface area contributed by atoms with Gasteiger partial charge in [-0.05, 0) is 42.8 Å². The molecule has 0 bridgehead atoms. The monoisotopic (exact) mass is 463 g/mol. The molecule has 1 atom stereocenters. The standard InChI is InChI=1S/C20H13ClF3N5OS/c1-8-6-25-16-14-9-2-3-12(15-10(20(22,23)24)7-26-19(21)29-15)28-11(9)4-5-13(14)31-17(16)18(30)27-8/h2-5,7-8,25H,6H2,1H3,(H,27,30)/t8-/m1/s1. The molecule has 0 spiro atoms. The van der Waals surface area contributed by atoms with Gasteiger partial charge in [0.15, 0.2) is 0 Å². The number of hydrogen-bond donors (Lipinski definition) is 2. The number of nitrogens with one attached hydrogen (secondary N) is 2. The van der Waals surface area contributed by atoms with Crippen LogP contribution in [0.5, 0.6) is 0 Å². The van der Waals surface area contributed by atoms with Crippen molar-refractivity contribution in [3.63, 3.8) is 0 Å². The van der Waals surface area contributed by atoms with E-state index in [0.717, 1.165) is 15.5 Å². The molecule has 1 aliphatic heterocycles. The molecule has 158 valence electrons. The maximum Gasteiger partial charge on any atom is 0.420 e. The molecule has 6 nitrogen and oxygen atoms in total. The smallest absolute Gasteiger partial charge is 0.381 e. The number of aromatic nitrogens is 3. The number of benzene rings is 1. The number of halogens is 4. The number of fused-ring (bicyclic) bond motifs is 5. The van der Waals surface area contributed by atoms with E-state index in [0.29, 0.717) is 28.8 Å². The van der Waals surface area contributed by atoms with Crippen molar-refractivity contribution in [2.45, 2.75) is 19.1 Å². The zero-order valence-electron chi connectivity index (χ0n) is 15.8. The van der Waals surface area contributed by atoms with Crippen LogP contribution in [0.2, 0.25) is 5.28 Å². The van der Waals surface area contributed by atoms with Crippen molar-refractivity contribution in [3.05, 3.63) is 46.2 Å². The summed E-state index contributed by atoms with van der Waals surface area (Å²) in [6.45, 7) is 2.46. The first kappa shape index (κ1) is 20.0. The van der Waals surface area contributed by atoms with Gasteiger partial charge in [0.25, 0.3) is 5.91 Å². The molecule has 0 fully saturated rings.